The van der Waals surface area contributed by atoms with Crippen LogP contribution in [-0.2, 0) is 9.84 Å². The van der Waals surface area contributed by atoms with Crippen molar-refractivity contribution >= 4 is 21.3 Å². The van der Waals surface area contributed by atoms with Crippen LogP contribution in [0.25, 0.3) is 5.69 Å². The van der Waals surface area contributed by atoms with Crippen molar-refractivity contribution in [2.24, 2.45) is 0 Å². The third kappa shape index (κ3) is 2.40. The van der Waals surface area contributed by atoms with E-state index in [0.29, 0.717) is 5.69 Å². The van der Waals surface area contributed by atoms with Crippen LogP contribution in [0.5, 0.6) is 0 Å². The molecule has 100 valence electrons. The standard InChI is InChI=1S/C10H10N4O4S/c1-19(17,18)9-6-12-13(10(9)11)7-2-4-8(5-3-7)14(15)16/h2-6H,11H2,1H3. The Bertz CT molecular complexity index is 733. The van der Waals surface area contributed by atoms with E-state index in [0.717, 1.165) is 12.5 Å². The lowest BCUT2D eigenvalue weighted by molar-refractivity contribution is -0.384. The SMILES string of the molecule is CS(=O)(=O)c1cnn(-c2ccc([N+](=O)[O-])cc2)c1N. The van der Waals surface area contributed by atoms with E-state index in [1.165, 1.54) is 28.9 Å². The maximum Gasteiger partial charge on any atom is 0.269 e. The van der Waals surface area contributed by atoms with Crippen molar-refractivity contribution in [3.8, 4) is 5.69 Å². The molecule has 19 heavy (non-hydrogen) atoms. The molecule has 0 radical (unpaired) electrons. The van der Waals surface area contributed by atoms with Gasteiger partial charge in [0.1, 0.15) is 10.7 Å². The highest BCUT2D eigenvalue weighted by molar-refractivity contribution is 7.90. The molecule has 2 N–H and O–H groups in total. The van der Waals surface area contributed by atoms with Gasteiger partial charge in [-0.15, -0.1) is 0 Å². The first-order valence-electron chi connectivity index (χ1n) is 5.09. The lowest BCUT2D eigenvalue weighted by atomic mass is 10.3. The molecule has 2 aromatic rings. The smallest absolute Gasteiger partial charge is 0.269 e. The van der Waals surface area contributed by atoms with Gasteiger partial charge in [0.15, 0.2) is 9.84 Å². The molecule has 1 heterocycles. The number of hydrogen-bond acceptors (Lipinski definition) is 6. The number of non-ortho nitro benzene ring substituents is 1. The maximum atomic E-state index is 11.4. The fraction of sp³-hybridized carbons (Fsp3) is 0.100. The number of nitrogens with two attached hydrogens (primary N) is 1. The van der Waals surface area contributed by atoms with Crippen LogP contribution in [0.3, 0.4) is 0 Å². The molecule has 0 unspecified atom stereocenters. The second-order valence-corrected chi connectivity index (χ2v) is 5.84. The van der Waals surface area contributed by atoms with E-state index in [2.05, 4.69) is 5.10 Å². The van der Waals surface area contributed by atoms with Crippen LogP contribution in [-0.4, -0.2) is 29.4 Å². The normalized spacial score (nSPS) is 11.4. The van der Waals surface area contributed by atoms with Crippen molar-refractivity contribution in [2.45, 2.75) is 4.90 Å². The topological polar surface area (TPSA) is 121 Å². The van der Waals surface area contributed by atoms with Crippen molar-refractivity contribution in [1.82, 2.24) is 9.78 Å². The first-order valence-corrected chi connectivity index (χ1v) is 6.98. The van der Waals surface area contributed by atoms with Gasteiger partial charge in [0.2, 0.25) is 0 Å². The van der Waals surface area contributed by atoms with Crippen LogP contribution >= 0.6 is 0 Å². The average Bonchev–Trinajstić information content (AvgIpc) is 2.71. The number of sulfone groups is 1. The summed E-state index contributed by atoms with van der Waals surface area (Å²) >= 11 is 0. The highest BCUT2D eigenvalue weighted by Crippen LogP contribution is 2.22. The van der Waals surface area contributed by atoms with Gasteiger partial charge in [-0.05, 0) is 12.1 Å². The molecular formula is C10H10N4O4S. The minimum Gasteiger partial charge on any atom is -0.382 e. The number of anilines is 1. The third-order valence-corrected chi connectivity index (χ3v) is 3.59. The van der Waals surface area contributed by atoms with Crippen molar-refractivity contribution in [1.29, 1.82) is 0 Å². The van der Waals surface area contributed by atoms with Crippen LogP contribution in [0.1, 0.15) is 0 Å². The molecule has 1 aromatic carbocycles. The van der Waals surface area contributed by atoms with E-state index in [-0.39, 0.29) is 16.4 Å². The minimum atomic E-state index is -3.46. The zero-order chi connectivity index (χ0) is 14.2. The lowest BCUT2D eigenvalue weighted by Gasteiger charge is -2.04. The van der Waals surface area contributed by atoms with Gasteiger partial charge in [-0.3, -0.25) is 10.1 Å². The molecule has 0 atom stereocenters. The molecule has 0 aliphatic carbocycles. The Morgan fingerprint density at radius 2 is 1.89 bits per heavy atom. The highest BCUT2D eigenvalue weighted by atomic mass is 32.2. The number of benzene rings is 1. The van der Waals surface area contributed by atoms with Gasteiger partial charge in [0, 0.05) is 18.4 Å². The van der Waals surface area contributed by atoms with E-state index in [9.17, 15) is 18.5 Å². The summed E-state index contributed by atoms with van der Waals surface area (Å²) in [5.74, 6) is -0.0312. The monoisotopic (exact) mass is 282 g/mol. The van der Waals surface area contributed by atoms with Gasteiger partial charge in [0.25, 0.3) is 5.69 Å². The van der Waals surface area contributed by atoms with Crippen LogP contribution in [0.2, 0.25) is 0 Å². The highest BCUT2D eigenvalue weighted by Gasteiger charge is 2.18. The predicted molar refractivity (Wildman–Crippen MR) is 67.7 cm³/mol. The van der Waals surface area contributed by atoms with Gasteiger partial charge in [-0.25, -0.2) is 13.1 Å². The number of nitrogen functional groups attached to an aromatic ring is 1. The van der Waals surface area contributed by atoms with Crippen LogP contribution in [0.4, 0.5) is 11.5 Å². The van der Waals surface area contributed by atoms with Crippen molar-refractivity contribution in [2.75, 3.05) is 12.0 Å². The second-order valence-electron chi connectivity index (χ2n) is 3.85. The molecule has 0 amide bonds. The molecule has 0 aliphatic rings. The Balaban J connectivity index is 2.49. The molecule has 2 rings (SSSR count). The van der Waals surface area contributed by atoms with Crippen LogP contribution < -0.4 is 5.73 Å². The van der Waals surface area contributed by atoms with Crippen molar-refractivity contribution in [3.63, 3.8) is 0 Å². The van der Waals surface area contributed by atoms with Crippen molar-refractivity contribution in [3.05, 3.63) is 40.6 Å². The molecule has 1 aromatic heterocycles. The molecular weight excluding hydrogens is 272 g/mol. The van der Waals surface area contributed by atoms with E-state index < -0.39 is 14.8 Å². The summed E-state index contributed by atoms with van der Waals surface area (Å²) in [7, 11) is -3.46. The summed E-state index contributed by atoms with van der Waals surface area (Å²) in [4.78, 5) is 9.92. The first-order chi connectivity index (χ1) is 8.80. The van der Waals surface area contributed by atoms with Crippen LogP contribution in [0.15, 0.2) is 35.4 Å². The molecule has 0 bridgehead atoms. The quantitative estimate of drug-likeness (QED) is 0.655. The summed E-state index contributed by atoms with van der Waals surface area (Å²) in [6, 6.07) is 5.45. The number of rotatable bonds is 3. The Labute approximate surface area is 108 Å². The molecule has 0 aliphatic heterocycles. The lowest BCUT2D eigenvalue weighted by Crippen LogP contribution is -2.05. The second kappa shape index (κ2) is 4.35. The van der Waals surface area contributed by atoms with Gasteiger partial charge in [-0.1, -0.05) is 0 Å². The molecule has 0 saturated carbocycles. The van der Waals surface area contributed by atoms with E-state index >= 15 is 0 Å². The maximum absolute atomic E-state index is 11.4. The summed E-state index contributed by atoms with van der Waals surface area (Å²) in [6.07, 6.45) is 2.17. The molecule has 0 saturated heterocycles. The first kappa shape index (κ1) is 13.0. The van der Waals surface area contributed by atoms with Crippen molar-refractivity contribution < 1.29 is 13.3 Å². The zero-order valence-electron chi connectivity index (χ0n) is 9.85. The number of nitro benzene ring substituents is 1. The van der Waals surface area contributed by atoms with Gasteiger partial charge in [-0.2, -0.15) is 5.10 Å². The van der Waals surface area contributed by atoms with E-state index in [4.69, 9.17) is 5.73 Å². The zero-order valence-corrected chi connectivity index (χ0v) is 10.7. The summed E-state index contributed by atoms with van der Waals surface area (Å²) in [5, 5.41) is 14.4. The number of nitrogens with zero attached hydrogens (tertiary/aromatic N) is 3. The Morgan fingerprint density at radius 1 is 1.32 bits per heavy atom. The fourth-order valence-electron chi connectivity index (χ4n) is 1.55. The van der Waals surface area contributed by atoms with Gasteiger partial charge in [0.05, 0.1) is 16.8 Å². The van der Waals surface area contributed by atoms with Gasteiger partial charge < -0.3 is 5.73 Å². The van der Waals surface area contributed by atoms with E-state index in [1.807, 2.05) is 0 Å². The summed E-state index contributed by atoms with van der Waals surface area (Å²) in [6.45, 7) is 0. The number of aromatic nitrogens is 2. The molecule has 0 fully saturated rings. The molecule has 8 nitrogen and oxygen atoms in total. The van der Waals surface area contributed by atoms with Gasteiger partial charge >= 0.3 is 0 Å². The predicted octanol–water partition coefficient (Wildman–Crippen LogP) is 0.766. The Hall–Kier alpha value is -2.42. The third-order valence-electron chi connectivity index (χ3n) is 2.48. The van der Waals surface area contributed by atoms with E-state index in [1.54, 1.807) is 0 Å². The molecule has 9 heteroatoms. The fourth-order valence-corrected chi connectivity index (χ4v) is 2.25. The number of nitro groups is 1. The average molecular weight is 282 g/mol. The largest absolute Gasteiger partial charge is 0.382 e. The summed E-state index contributed by atoms with van der Waals surface area (Å²) < 4.78 is 24.0. The molecule has 0 spiro atoms. The van der Waals surface area contributed by atoms with Crippen LogP contribution in [0, 0.1) is 10.1 Å². The Morgan fingerprint density at radius 3 is 2.32 bits per heavy atom. The number of hydrogen-bond donors (Lipinski definition) is 1. The Kier molecular flexibility index (Phi) is 2.98. The minimum absolute atomic E-state index is 0.0312. The summed E-state index contributed by atoms with van der Waals surface area (Å²) in [5.41, 5.74) is 6.08.